The maximum atomic E-state index is 14.4. The van der Waals surface area contributed by atoms with E-state index < -0.39 is 17.4 Å². The molecular weight excluding hydrogens is 1170 g/mol. The topological polar surface area (TPSA) is 176 Å². The van der Waals surface area contributed by atoms with Crippen molar-refractivity contribution in [3.05, 3.63) is 135 Å². The molecule has 0 aliphatic heterocycles. The number of halogens is 8. The van der Waals surface area contributed by atoms with E-state index in [1.807, 2.05) is 24.3 Å². The number of carbonyl (C=O) groups is 2. The van der Waals surface area contributed by atoms with Crippen LogP contribution < -0.4 is 58.8 Å². The molecule has 0 saturated carbocycles. The van der Waals surface area contributed by atoms with Crippen molar-refractivity contribution in [3.63, 3.8) is 0 Å². The molecule has 338 valence electrons. The summed E-state index contributed by atoms with van der Waals surface area (Å²) in [6.07, 6.45) is 0.702. The Kier molecular flexibility index (Phi) is 26.6. The van der Waals surface area contributed by atoms with E-state index in [-0.39, 0.29) is 54.0 Å². The van der Waals surface area contributed by atoms with Crippen LogP contribution in [0.15, 0.2) is 72.8 Å². The first-order valence-electron chi connectivity index (χ1n) is 19.5. The predicted octanol–water partition coefficient (Wildman–Crippen LogP) is -0.271. The lowest BCUT2D eigenvalue weighted by Crippen LogP contribution is -3.00. The van der Waals surface area contributed by atoms with E-state index in [9.17, 15) is 22.8 Å². The number of alkyl halides is 3. The van der Waals surface area contributed by atoms with Crippen molar-refractivity contribution in [1.29, 1.82) is 0 Å². The summed E-state index contributed by atoms with van der Waals surface area (Å²) in [4.78, 5) is 25.1. The Hall–Kier alpha value is -1.70. The fourth-order valence-corrected chi connectivity index (χ4v) is 7.35. The molecule has 2 aliphatic rings. The highest BCUT2D eigenvalue weighted by atomic mass is 127. The van der Waals surface area contributed by atoms with Crippen molar-refractivity contribution in [3.8, 4) is 0 Å². The lowest BCUT2D eigenvalue weighted by atomic mass is 9.84. The SMILES string of the molecule is C[N+](CCN)(CCN)CCN.C[N+](CCN)(CCN)CCNc1ccc(F)c2c1C(=O)c1ccccc1C2.IC(I)I.O=C1c2ccccc2Cc2c(F)ccc(F)c21.[Cl-].[Cl-]. The molecule has 2 aliphatic carbocycles. The van der Waals surface area contributed by atoms with Crippen LogP contribution in [0.25, 0.3) is 0 Å². The van der Waals surface area contributed by atoms with Gasteiger partial charge in [0.1, 0.15) is 17.4 Å². The third-order valence-corrected chi connectivity index (χ3v) is 10.5. The van der Waals surface area contributed by atoms with E-state index in [2.05, 4.69) is 87.2 Å². The zero-order valence-electron chi connectivity index (χ0n) is 34.5. The van der Waals surface area contributed by atoms with Crippen LogP contribution in [0.3, 0.4) is 0 Å². The first kappa shape index (κ1) is 57.3. The molecule has 0 spiro atoms. The number of hydrogen-bond donors (Lipinski definition) is 6. The number of ketones is 2. The number of nitrogens with two attached hydrogens (primary N) is 5. The fourth-order valence-electron chi connectivity index (χ4n) is 7.35. The quantitative estimate of drug-likeness (QED) is 0.0492. The fraction of sp³-hybridized carbons (Fsp3) is 0.395. The van der Waals surface area contributed by atoms with Crippen LogP contribution in [-0.4, -0.2) is 113 Å². The number of fused-ring (bicyclic) bond motifs is 4. The number of likely N-dealkylation sites (N-methyl/N-ethyl adjacent to an activating group) is 2. The number of benzene rings is 4. The molecule has 18 heteroatoms. The predicted molar refractivity (Wildman–Crippen MR) is 259 cm³/mol. The molecule has 10 nitrogen and oxygen atoms in total. The number of carbonyl (C=O) groups excluding carboxylic acids is 2. The summed E-state index contributed by atoms with van der Waals surface area (Å²) in [6, 6.07) is 19.5. The molecule has 0 radical (unpaired) electrons. The zero-order valence-corrected chi connectivity index (χ0v) is 42.5. The van der Waals surface area contributed by atoms with E-state index >= 15 is 0 Å². The van der Waals surface area contributed by atoms with Crippen LogP contribution in [0.1, 0.15) is 54.1 Å². The Morgan fingerprint density at radius 3 is 1.33 bits per heavy atom. The number of hydrogen-bond acceptors (Lipinski definition) is 8. The molecular formula is C43H58Cl2F3I3N8O2. The van der Waals surface area contributed by atoms with Gasteiger partial charge in [-0.3, -0.25) is 9.59 Å². The lowest BCUT2D eigenvalue weighted by molar-refractivity contribution is -0.905. The minimum Gasteiger partial charge on any atom is -1.00 e. The Morgan fingerprint density at radius 1 is 0.557 bits per heavy atom. The van der Waals surface area contributed by atoms with Gasteiger partial charge in [0.25, 0.3) is 0 Å². The second kappa shape index (κ2) is 28.3. The summed E-state index contributed by atoms with van der Waals surface area (Å²) >= 11 is 6.95. The molecule has 0 heterocycles. The normalized spacial score (nSPS) is 12.3. The smallest absolute Gasteiger partial charge is 0.196 e. The molecule has 0 amide bonds. The highest BCUT2D eigenvalue weighted by Gasteiger charge is 2.30. The average Bonchev–Trinajstić information content (AvgIpc) is 3.18. The van der Waals surface area contributed by atoms with E-state index in [4.69, 9.17) is 28.7 Å². The summed E-state index contributed by atoms with van der Waals surface area (Å²) in [5.41, 5.74) is 32.3. The molecule has 0 unspecified atom stereocenters. The van der Waals surface area contributed by atoms with Gasteiger partial charge in [0.05, 0.1) is 71.0 Å². The van der Waals surface area contributed by atoms with Crippen molar-refractivity contribution in [2.24, 2.45) is 28.7 Å². The Labute approximate surface area is 412 Å². The van der Waals surface area contributed by atoms with Crippen LogP contribution >= 0.6 is 67.8 Å². The summed E-state index contributed by atoms with van der Waals surface area (Å²) in [5.74, 6) is -2.05. The molecule has 11 N–H and O–H groups in total. The van der Waals surface area contributed by atoms with Crippen LogP contribution in [0, 0.1) is 17.5 Å². The van der Waals surface area contributed by atoms with E-state index in [0.29, 0.717) is 73.6 Å². The number of nitrogens with zero attached hydrogens (tertiary/aromatic N) is 2. The maximum Gasteiger partial charge on any atom is 0.196 e. The van der Waals surface area contributed by atoms with Crippen molar-refractivity contribution in [1.82, 2.24) is 0 Å². The van der Waals surface area contributed by atoms with Gasteiger partial charge in [-0.2, -0.15) is 0 Å². The van der Waals surface area contributed by atoms with Gasteiger partial charge < -0.3 is 67.8 Å². The van der Waals surface area contributed by atoms with E-state index in [1.54, 1.807) is 30.3 Å². The summed E-state index contributed by atoms with van der Waals surface area (Å²) in [7, 11) is 4.27. The maximum absolute atomic E-state index is 14.4. The first-order chi connectivity index (χ1) is 28.1. The van der Waals surface area contributed by atoms with Crippen molar-refractivity contribution in [2.45, 2.75) is 12.8 Å². The minimum atomic E-state index is -0.652. The minimum absolute atomic E-state index is 0. The second-order valence-corrected chi connectivity index (χ2v) is 25.7. The highest BCUT2D eigenvalue weighted by molar-refractivity contribution is 14.3. The number of anilines is 1. The van der Waals surface area contributed by atoms with Crippen LogP contribution in [0.4, 0.5) is 18.9 Å². The number of rotatable bonds is 14. The molecule has 0 fully saturated rings. The van der Waals surface area contributed by atoms with Crippen molar-refractivity contribution < 1.29 is 56.5 Å². The van der Waals surface area contributed by atoms with Gasteiger partial charge in [-0.25, -0.2) is 13.2 Å². The molecule has 61 heavy (non-hydrogen) atoms. The molecule has 0 saturated heterocycles. The molecule has 4 aromatic carbocycles. The van der Waals surface area contributed by atoms with Gasteiger partial charge in [0.2, 0.25) is 0 Å². The van der Waals surface area contributed by atoms with Gasteiger partial charge in [0.15, 0.2) is 11.6 Å². The van der Waals surface area contributed by atoms with E-state index in [1.165, 1.54) is 6.07 Å². The molecule has 6 rings (SSSR count). The van der Waals surface area contributed by atoms with Gasteiger partial charge in [-0.15, -0.1) is 0 Å². The second-order valence-electron chi connectivity index (χ2n) is 14.9. The van der Waals surface area contributed by atoms with Crippen LogP contribution in [0.5, 0.6) is 0 Å². The van der Waals surface area contributed by atoms with Gasteiger partial charge >= 0.3 is 0 Å². The number of quaternary nitrogens is 2. The molecule has 0 bridgehead atoms. The van der Waals surface area contributed by atoms with Gasteiger partial charge in [-0.05, 0) is 35.4 Å². The van der Waals surface area contributed by atoms with Crippen molar-refractivity contribution >= 4 is 85.0 Å². The summed E-state index contributed by atoms with van der Waals surface area (Å²) in [6.45, 7) is 9.37. The monoisotopic (exact) mass is 1230 g/mol. The van der Waals surface area contributed by atoms with Crippen LogP contribution in [-0.2, 0) is 12.8 Å². The summed E-state index contributed by atoms with van der Waals surface area (Å²) < 4.78 is 44.0. The number of nitrogens with one attached hydrogen (secondary N) is 1. The standard InChI is InChI=1S/C21H27FN4O.C14H8F2O.C7H21N4.CHI3.2ClH/c1-26(11-8-23,12-9-24)13-10-25-19-7-6-18(22)17-14-15-4-2-3-5-16(15)21(27)20(17)19;15-11-5-6-12(16)13-10(11)7-8-3-1-2-4-9(8)14(13)17;1-11(5-2-8,6-3-9)7-4-10;2-1(3)4;;/h2-7H,8-14,23-24H2,1H3;1-6H,7H2;2-10H2,1H3;1H;2*1H/q;;+1;;;/p-1. The largest absolute Gasteiger partial charge is 1.00 e. The molecule has 0 aromatic heterocycles. The van der Waals surface area contributed by atoms with E-state index in [0.717, 1.165) is 71.4 Å². The van der Waals surface area contributed by atoms with Crippen molar-refractivity contribution in [2.75, 3.05) is 97.9 Å². The zero-order chi connectivity index (χ0) is 43.8. The van der Waals surface area contributed by atoms with Crippen LogP contribution in [0.2, 0.25) is 0 Å². The Bertz CT molecular complexity index is 1990. The molecule has 4 aromatic rings. The third-order valence-electron chi connectivity index (χ3n) is 10.5. The molecule has 0 atom stereocenters. The Morgan fingerprint density at radius 2 is 0.902 bits per heavy atom. The average molecular weight is 1230 g/mol. The summed E-state index contributed by atoms with van der Waals surface area (Å²) in [5, 5.41) is 3.35. The highest BCUT2D eigenvalue weighted by Crippen LogP contribution is 2.34. The lowest BCUT2D eigenvalue weighted by Gasteiger charge is -2.34. The van der Waals surface area contributed by atoms with Gasteiger partial charge in [0, 0.05) is 73.5 Å². The third kappa shape index (κ3) is 16.7. The Balaban J connectivity index is 0.000000469. The first-order valence-corrected chi connectivity index (χ1v) is 23.2. The van der Waals surface area contributed by atoms with Gasteiger partial charge in [-0.1, -0.05) is 116 Å².